The van der Waals surface area contributed by atoms with Gasteiger partial charge >= 0.3 is 0 Å². The number of pyridine rings is 1. The Bertz CT molecular complexity index is 3830. The topological polar surface area (TPSA) is 12.9 Å². The number of rotatable bonds is 4. The van der Waals surface area contributed by atoms with Gasteiger partial charge in [-0.3, -0.25) is 0 Å². The molecule has 14 rings (SSSR count). The van der Waals surface area contributed by atoms with Crippen molar-refractivity contribution in [1.29, 1.82) is 0 Å². The fraction of sp³-hybridized carbons (Fsp3) is 0.0156. The smallest absolute Gasteiger partial charge is 0.0788 e. The van der Waals surface area contributed by atoms with Crippen LogP contribution in [-0.2, 0) is 5.41 Å². The first kappa shape index (κ1) is 36.1. The molecule has 0 aliphatic heterocycles. The molecule has 1 heterocycles. The maximum Gasteiger partial charge on any atom is 0.0788 e. The van der Waals surface area contributed by atoms with E-state index in [1.54, 1.807) is 0 Å². The molecule has 0 fully saturated rings. The zero-order chi connectivity index (χ0) is 42.6. The summed E-state index contributed by atoms with van der Waals surface area (Å²) in [5.41, 5.74) is 20.6. The summed E-state index contributed by atoms with van der Waals surface area (Å²) < 4.78 is 0. The fourth-order valence-electron chi connectivity index (χ4n) is 11.9. The Kier molecular flexibility index (Phi) is 7.67. The molecule has 2 aliphatic carbocycles. The molecule has 65 heavy (non-hydrogen) atoms. The van der Waals surface area contributed by atoms with E-state index in [1.807, 2.05) is 0 Å². The van der Waals surface area contributed by atoms with Gasteiger partial charge in [0.2, 0.25) is 0 Å². The summed E-state index contributed by atoms with van der Waals surface area (Å²) in [6.45, 7) is 0. The van der Waals surface area contributed by atoms with Crippen LogP contribution in [0.15, 0.2) is 237 Å². The van der Waals surface area contributed by atoms with Gasteiger partial charge in [-0.2, -0.15) is 0 Å². The van der Waals surface area contributed by atoms with Crippen LogP contribution in [0.3, 0.4) is 0 Å². The molecule has 1 nitrogen and oxygen atoms in total. The third kappa shape index (κ3) is 5.01. The number of para-hydroxylation sites is 1. The Morgan fingerprint density at radius 2 is 0.723 bits per heavy atom. The van der Waals surface area contributed by atoms with Crippen LogP contribution in [0.25, 0.3) is 110 Å². The molecule has 1 aromatic heterocycles. The first-order chi connectivity index (χ1) is 32.3. The van der Waals surface area contributed by atoms with Gasteiger partial charge in [-0.15, -0.1) is 0 Å². The van der Waals surface area contributed by atoms with E-state index in [0.29, 0.717) is 0 Å². The lowest BCUT2D eigenvalue weighted by atomic mass is 9.70. The SMILES string of the molecule is c1ccc(-c2ccc(-c3c4ccccc4c(-c4cccc(-c5nc6ccccc6c6c7c(ccc56)C5(c6ccccc6-c6ccccc65)c5ccccc5-7)c4)c4ccccc34)cc2)cc1. The Hall–Kier alpha value is -8.39. The lowest BCUT2D eigenvalue weighted by Gasteiger charge is -2.30. The van der Waals surface area contributed by atoms with Gasteiger partial charge in [0.25, 0.3) is 0 Å². The summed E-state index contributed by atoms with van der Waals surface area (Å²) in [7, 11) is 0. The molecule has 2 aliphatic rings. The van der Waals surface area contributed by atoms with Gasteiger partial charge in [0.1, 0.15) is 0 Å². The standard InChI is InChI=1S/C64H39N/c1-2-17-40(18-3-1)41-33-35-42(36-34-41)59-47-23-4-6-25-49(47)60(50-26-7-5-24-48(50)59)43-19-16-20-44(39-43)63-53-37-38-57-62(61(53)52-28-11-15-32-58(52)65-63)51-27-10-14-31-56(51)64(57)54-29-12-8-21-45(54)46-22-9-13-30-55(46)64/h1-39H. The summed E-state index contributed by atoms with van der Waals surface area (Å²) in [5, 5.41) is 8.55. The third-order valence-electron chi connectivity index (χ3n) is 14.5. The Labute approximate surface area is 377 Å². The van der Waals surface area contributed by atoms with Crippen LogP contribution in [0.4, 0.5) is 0 Å². The summed E-state index contributed by atoms with van der Waals surface area (Å²) in [4.78, 5) is 5.56. The van der Waals surface area contributed by atoms with Gasteiger partial charge < -0.3 is 0 Å². The van der Waals surface area contributed by atoms with Gasteiger partial charge in [-0.1, -0.05) is 224 Å². The lowest BCUT2D eigenvalue weighted by molar-refractivity contribution is 0.794. The maximum atomic E-state index is 5.56. The average molecular weight is 822 g/mol. The molecular formula is C64H39N. The molecule has 0 radical (unpaired) electrons. The van der Waals surface area contributed by atoms with Crippen LogP contribution in [0.1, 0.15) is 22.3 Å². The normalized spacial score (nSPS) is 13.0. The molecule has 0 saturated carbocycles. The number of benzene rings is 11. The van der Waals surface area contributed by atoms with Crippen LogP contribution in [0, 0.1) is 0 Å². The van der Waals surface area contributed by atoms with Gasteiger partial charge in [-0.25, -0.2) is 4.98 Å². The fourth-order valence-corrected chi connectivity index (χ4v) is 11.9. The highest BCUT2D eigenvalue weighted by Gasteiger charge is 2.52. The highest BCUT2D eigenvalue weighted by molar-refractivity contribution is 6.23. The van der Waals surface area contributed by atoms with E-state index in [2.05, 4.69) is 237 Å². The largest absolute Gasteiger partial charge is 0.247 e. The van der Waals surface area contributed by atoms with Crippen molar-refractivity contribution in [3.8, 4) is 66.9 Å². The second-order valence-electron chi connectivity index (χ2n) is 17.6. The Morgan fingerprint density at radius 3 is 1.37 bits per heavy atom. The van der Waals surface area contributed by atoms with Crippen LogP contribution >= 0.6 is 0 Å². The summed E-state index contributed by atoms with van der Waals surface area (Å²) in [5.74, 6) is 0. The molecule has 12 aromatic rings. The molecule has 11 aromatic carbocycles. The predicted octanol–water partition coefficient (Wildman–Crippen LogP) is 16.7. The monoisotopic (exact) mass is 821 g/mol. The Balaban J connectivity index is 1.00. The number of aromatic nitrogens is 1. The second-order valence-corrected chi connectivity index (χ2v) is 17.6. The van der Waals surface area contributed by atoms with E-state index in [9.17, 15) is 0 Å². The van der Waals surface area contributed by atoms with Gasteiger partial charge in [0.15, 0.2) is 0 Å². The molecular weight excluding hydrogens is 783 g/mol. The number of nitrogens with zero attached hydrogens (tertiary/aromatic N) is 1. The molecule has 1 spiro atoms. The molecule has 0 saturated heterocycles. The van der Waals surface area contributed by atoms with Crippen molar-refractivity contribution in [3.63, 3.8) is 0 Å². The van der Waals surface area contributed by atoms with Crippen molar-refractivity contribution in [2.45, 2.75) is 5.41 Å². The summed E-state index contributed by atoms with van der Waals surface area (Å²) in [6, 6.07) is 87.5. The molecule has 0 atom stereocenters. The van der Waals surface area contributed by atoms with Gasteiger partial charge in [0, 0.05) is 21.7 Å². The maximum absolute atomic E-state index is 5.56. The highest BCUT2D eigenvalue weighted by Crippen LogP contribution is 2.64. The van der Waals surface area contributed by atoms with E-state index in [0.717, 1.165) is 22.2 Å². The Morgan fingerprint density at radius 1 is 0.262 bits per heavy atom. The van der Waals surface area contributed by atoms with Crippen LogP contribution in [0.2, 0.25) is 0 Å². The van der Waals surface area contributed by atoms with E-state index in [-0.39, 0.29) is 0 Å². The molecule has 0 N–H and O–H groups in total. The predicted molar refractivity (Wildman–Crippen MR) is 272 cm³/mol. The average Bonchev–Trinajstić information content (AvgIpc) is 3.85. The van der Waals surface area contributed by atoms with Crippen molar-refractivity contribution in [2.75, 3.05) is 0 Å². The lowest BCUT2D eigenvalue weighted by Crippen LogP contribution is -2.25. The first-order valence-electron chi connectivity index (χ1n) is 22.6. The molecule has 0 amide bonds. The summed E-state index contributed by atoms with van der Waals surface area (Å²) >= 11 is 0. The van der Waals surface area contributed by atoms with Crippen LogP contribution in [-0.4, -0.2) is 4.98 Å². The van der Waals surface area contributed by atoms with Crippen LogP contribution < -0.4 is 0 Å². The molecule has 0 unspecified atom stereocenters. The number of hydrogen-bond donors (Lipinski definition) is 0. The first-order valence-corrected chi connectivity index (χ1v) is 22.6. The number of hydrogen-bond acceptors (Lipinski definition) is 1. The van der Waals surface area contributed by atoms with E-state index in [4.69, 9.17) is 4.98 Å². The second kappa shape index (κ2) is 13.8. The van der Waals surface area contributed by atoms with E-state index >= 15 is 0 Å². The zero-order valence-electron chi connectivity index (χ0n) is 35.5. The minimum Gasteiger partial charge on any atom is -0.247 e. The minimum atomic E-state index is -0.421. The quantitative estimate of drug-likeness (QED) is 0.127. The van der Waals surface area contributed by atoms with Crippen molar-refractivity contribution in [2.24, 2.45) is 0 Å². The third-order valence-corrected chi connectivity index (χ3v) is 14.5. The van der Waals surface area contributed by atoms with Crippen molar-refractivity contribution in [1.82, 2.24) is 4.98 Å². The highest BCUT2D eigenvalue weighted by atomic mass is 14.7. The van der Waals surface area contributed by atoms with Gasteiger partial charge in [0.05, 0.1) is 16.6 Å². The minimum absolute atomic E-state index is 0.421. The van der Waals surface area contributed by atoms with E-state index in [1.165, 1.54) is 110 Å². The number of fused-ring (bicyclic) bond motifs is 16. The van der Waals surface area contributed by atoms with Crippen molar-refractivity contribution < 1.29 is 0 Å². The molecule has 0 bridgehead atoms. The van der Waals surface area contributed by atoms with Crippen molar-refractivity contribution in [3.05, 3.63) is 259 Å². The van der Waals surface area contributed by atoms with Crippen LogP contribution in [0.5, 0.6) is 0 Å². The van der Waals surface area contributed by atoms with Crippen molar-refractivity contribution >= 4 is 43.2 Å². The zero-order valence-corrected chi connectivity index (χ0v) is 35.5. The van der Waals surface area contributed by atoms with E-state index < -0.39 is 5.41 Å². The van der Waals surface area contributed by atoms with Gasteiger partial charge in [-0.05, 0) is 112 Å². The summed E-state index contributed by atoms with van der Waals surface area (Å²) in [6.07, 6.45) is 0. The molecule has 300 valence electrons. The molecule has 1 heteroatoms.